The number of benzene rings is 2. The molecule has 0 saturated heterocycles. The fourth-order valence-electron chi connectivity index (χ4n) is 1.99. The summed E-state index contributed by atoms with van der Waals surface area (Å²) in [6.07, 6.45) is 0. The van der Waals surface area contributed by atoms with Crippen LogP contribution in [0.25, 0.3) is 0 Å². The van der Waals surface area contributed by atoms with E-state index in [0.717, 1.165) is 24.3 Å². The fraction of sp³-hybridized carbons (Fsp3) is 0.133. The van der Waals surface area contributed by atoms with Gasteiger partial charge in [0.1, 0.15) is 17.5 Å². The summed E-state index contributed by atoms with van der Waals surface area (Å²) >= 11 is 0. The van der Waals surface area contributed by atoms with E-state index < -0.39 is 29.4 Å². The van der Waals surface area contributed by atoms with Crippen molar-refractivity contribution in [3.05, 3.63) is 65.0 Å². The molecular weight excluding hydrogens is 281 g/mol. The van der Waals surface area contributed by atoms with E-state index in [-0.39, 0.29) is 16.8 Å². The second-order valence-corrected chi connectivity index (χ2v) is 4.57. The molecule has 1 unspecified atom stereocenters. The van der Waals surface area contributed by atoms with Crippen molar-refractivity contribution in [3.63, 3.8) is 0 Å². The third-order valence-corrected chi connectivity index (χ3v) is 3.02. The van der Waals surface area contributed by atoms with Crippen LogP contribution in [-0.4, -0.2) is 5.91 Å². The van der Waals surface area contributed by atoms with Gasteiger partial charge in [0.15, 0.2) is 0 Å². The van der Waals surface area contributed by atoms with E-state index in [9.17, 15) is 18.0 Å². The van der Waals surface area contributed by atoms with Crippen LogP contribution in [0.3, 0.4) is 0 Å². The highest BCUT2D eigenvalue weighted by atomic mass is 19.1. The molecule has 0 aliphatic rings. The van der Waals surface area contributed by atoms with E-state index in [1.165, 1.54) is 19.1 Å². The predicted octanol–water partition coefficient (Wildman–Crippen LogP) is 3.18. The fourth-order valence-corrected chi connectivity index (χ4v) is 1.99. The summed E-state index contributed by atoms with van der Waals surface area (Å²) < 4.78 is 40.8. The van der Waals surface area contributed by atoms with Crippen LogP contribution in [0.2, 0.25) is 0 Å². The van der Waals surface area contributed by atoms with Crippen molar-refractivity contribution >= 4 is 11.6 Å². The molecule has 2 aromatic rings. The molecule has 3 N–H and O–H groups in total. The first-order valence-electron chi connectivity index (χ1n) is 6.20. The van der Waals surface area contributed by atoms with Crippen molar-refractivity contribution in [1.29, 1.82) is 0 Å². The minimum absolute atomic E-state index is 0.214. The Morgan fingerprint density at radius 1 is 1.10 bits per heavy atom. The molecule has 0 saturated carbocycles. The zero-order chi connectivity index (χ0) is 15.6. The number of carbonyl (C=O) groups excluding carboxylic acids is 1. The lowest BCUT2D eigenvalue weighted by Crippen LogP contribution is -2.28. The van der Waals surface area contributed by atoms with Crippen molar-refractivity contribution in [2.45, 2.75) is 13.0 Å². The van der Waals surface area contributed by atoms with Crippen LogP contribution in [0, 0.1) is 17.5 Å². The predicted molar refractivity (Wildman–Crippen MR) is 73.1 cm³/mol. The Morgan fingerprint density at radius 3 is 2.33 bits per heavy atom. The van der Waals surface area contributed by atoms with E-state index in [2.05, 4.69) is 5.32 Å². The van der Waals surface area contributed by atoms with E-state index >= 15 is 0 Å². The lowest BCUT2D eigenvalue weighted by atomic mass is 10.1. The first-order chi connectivity index (χ1) is 9.90. The van der Waals surface area contributed by atoms with Gasteiger partial charge in [-0.05, 0) is 37.3 Å². The molecule has 2 rings (SSSR count). The number of rotatable bonds is 3. The Kier molecular flexibility index (Phi) is 4.16. The van der Waals surface area contributed by atoms with Crippen molar-refractivity contribution in [3.8, 4) is 0 Å². The number of anilines is 1. The third kappa shape index (κ3) is 3.16. The first-order valence-corrected chi connectivity index (χ1v) is 6.20. The van der Waals surface area contributed by atoms with Gasteiger partial charge in [0, 0.05) is 11.3 Å². The zero-order valence-electron chi connectivity index (χ0n) is 11.2. The monoisotopic (exact) mass is 294 g/mol. The molecule has 2 aromatic carbocycles. The number of carbonyl (C=O) groups is 1. The van der Waals surface area contributed by atoms with Gasteiger partial charge in [0.25, 0.3) is 5.91 Å². The minimum atomic E-state index is -0.959. The zero-order valence-corrected chi connectivity index (χ0v) is 11.2. The second kappa shape index (κ2) is 5.87. The number of nitrogens with two attached hydrogens (primary N) is 1. The Morgan fingerprint density at radius 2 is 1.71 bits per heavy atom. The number of amides is 1. The number of hydrogen-bond acceptors (Lipinski definition) is 2. The molecule has 0 aliphatic heterocycles. The first kappa shape index (κ1) is 14.9. The van der Waals surface area contributed by atoms with Crippen LogP contribution in [0.1, 0.15) is 28.9 Å². The maximum atomic E-state index is 13.6. The minimum Gasteiger partial charge on any atom is -0.399 e. The molecule has 0 bridgehead atoms. The van der Waals surface area contributed by atoms with E-state index in [1.807, 2.05) is 0 Å². The van der Waals surface area contributed by atoms with Crippen molar-refractivity contribution in [1.82, 2.24) is 5.32 Å². The summed E-state index contributed by atoms with van der Waals surface area (Å²) in [7, 11) is 0. The van der Waals surface area contributed by atoms with Crippen LogP contribution < -0.4 is 11.1 Å². The molecule has 0 radical (unpaired) electrons. The van der Waals surface area contributed by atoms with Gasteiger partial charge in [-0.3, -0.25) is 4.79 Å². The average molecular weight is 294 g/mol. The highest BCUT2D eigenvalue weighted by molar-refractivity contribution is 5.95. The highest BCUT2D eigenvalue weighted by Crippen LogP contribution is 2.21. The largest absolute Gasteiger partial charge is 0.399 e. The average Bonchev–Trinajstić information content (AvgIpc) is 2.41. The molecule has 21 heavy (non-hydrogen) atoms. The van der Waals surface area contributed by atoms with Gasteiger partial charge in [-0.25, -0.2) is 13.2 Å². The van der Waals surface area contributed by atoms with Crippen molar-refractivity contribution in [2.75, 3.05) is 5.73 Å². The quantitative estimate of drug-likeness (QED) is 0.854. The topological polar surface area (TPSA) is 55.1 Å². The summed E-state index contributed by atoms with van der Waals surface area (Å²) in [5, 5.41) is 2.35. The van der Waals surface area contributed by atoms with Gasteiger partial charge in [0.2, 0.25) is 0 Å². The van der Waals surface area contributed by atoms with Crippen LogP contribution in [0.5, 0.6) is 0 Å². The SMILES string of the molecule is CC(NC(=O)c1cc(N)ccc1F)c1c(F)cccc1F. The Bertz CT molecular complexity index is 668. The lowest BCUT2D eigenvalue weighted by molar-refractivity contribution is 0.0935. The van der Waals surface area contributed by atoms with E-state index in [0.29, 0.717) is 0 Å². The number of halogens is 3. The second-order valence-electron chi connectivity index (χ2n) is 4.57. The molecule has 1 amide bonds. The van der Waals surface area contributed by atoms with Crippen LogP contribution >= 0.6 is 0 Å². The summed E-state index contributed by atoms with van der Waals surface area (Å²) in [6.45, 7) is 1.41. The van der Waals surface area contributed by atoms with Crippen LogP contribution in [0.15, 0.2) is 36.4 Å². The van der Waals surface area contributed by atoms with Crippen molar-refractivity contribution < 1.29 is 18.0 Å². The lowest BCUT2D eigenvalue weighted by Gasteiger charge is -2.16. The molecular formula is C15H13F3N2O. The molecule has 0 spiro atoms. The molecule has 0 aromatic heterocycles. The molecule has 110 valence electrons. The Labute approximate surface area is 119 Å². The van der Waals surface area contributed by atoms with Gasteiger partial charge in [-0.2, -0.15) is 0 Å². The molecule has 3 nitrogen and oxygen atoms in total. The maximum Gasteiger partial charge on any atom is 0.254 e. The molecule has 0 aliphatic carbocycles. The van der Waals surface area contributed by atoms with Crippen LogP contribution in [-0.2, 0) is 0 Å². The molecule has 0 fully saturated rings. The number of nitrogens with one attached hydrogen (secondary N) is 1. The normalized spacial score (nSPS) is 12.0. The Hall–Kier alpha value is -2.50. The summed E-state index contributed by atoms with van der Waals surface area (Å²) in [5.74, 6) is -3.12. The summed E-state index contributed by atoms with van der Waals surface area (Å²) in [6, 6.07) is 5.96. The smallest absolute Gasteiger partial charge is 0.254 e. The third-order valence-electron chi connectivity index (χ3n) is 3.02. The molecule has 6 heteroatoms. The summed E-state index contributed by atoms with van der Waals surface area (Å²) in [4.78, 5) is 12.0. The van der Waals surface area contributed by atoms with Crippen LogP contribution in [0.4, 0.5) is 18.9 Å². The van der Waals surface area contributed by atoms with Gasteiger partial charge in [-0.1, -0.05) is 6.07 Å². The van der Waals surface area contributed by atoms with E-state index in [1.54, 1.807) is 0 Å². The van der Waals surface area contributed by atoms with Gasteiger partial charge >= 0.3 is 0 Å². The maximum absolute atomic E-state index is 13.6. The highest BCUT2D eigenvalue weighted by Gasteiger charge is 2.20. The number of hydrogen-bond donors (Lipinski definition) is 2. The Balaban J connectivity index is 2.25. The summed E-state index contributed by atoms with van der Waals surface area (Å²) in [5.41, 5.74) is 5.14. The molecule has 1 atom stereocenters. The van der Waals surface area contributed by atoms with Gasteiger partial charge in [-0.15, -0.1) is 0 Å². The number of nitrogen functional groups attached to an aromatic ring is 1. The molecule has 0 heterocycles. The van der Waals surface area contributed by atoms with Gasteiger partial charge in [0.05, 0.1) is 11.6 Å². The standard InChI is InChI=1S/C15H13F3N2O/c1-8(14-12(17)3-2-4-13(14)18)20-15(21)10-7-9(19)5-6-11(10)16/h2-8H,19H2,1H3,(H,20,21). The van der Waals surface area contributed by atoms with Gasteiger partial charge < -0.3 is 11.1 Å². The van der Waals surface area contributed by atoms with Crippen molar-refractivity contribution in [2.24, 2.45) is 0 Å². The van der Waals surface area contributed by atoms with E-state index in [4.69, 9.17) is 5.73 Å².